The maximum absolute atomic E-state index is 13.3. The average Bonchev–Trinajstić information content (AvgIpc) is 3.28. The summed E-state index contributed by atoms with van der Waals surface area (Å²) in [6.45, 7) is 0.616. The predicted octanol–water partition coefficient (Wildman–Crippen LogP) is 4.32. The molecule has 6 heteroatoms. The Bertz CT molecular complexity index is 1050. The zero-order chi connectivity index (χ0) is 19.1. The number of ether oxygens (including phenoxy) is 2. The molecule has 2 aliphatic rings. The van der Waals surface area contributed by atoms with Gasteiger partial charge in [0.15, 0.2) is 11.5 Å². The van der Waals surface area contributed by atoms with Crippen LogP contribution in [0.25, 0.3) is 0 Å². The summed E-state index contributed by atoms with van der Waals surface area (Å²) >= 11 is 0. The molecule has 0 aliphatic carbocycles. The Hall–Kier alpha value is -3.54. The summed E-state index contributed by atoms with van der Waals surface area (Å²) in [7, 11) is 0. The van der Waals surface area contributed by atoms with E-state index in [1.54, 1.807) is 17.0 Å². The van der Waals surface area contributed by atoms with E-state index in [-0.39, 0.29) is 24.7 Å². The van der Waals surface area contributed by atoms with Gasteiger partial charge in [-0.3, -0.25) is 4.79 Å². The van der Waals surface area contributed by atoms with Gasteiger partial charge in [0.2, 0.25) is 6.79 Å². The number of hydrogen-bond donors (Lipinski definition) is 1. The number of hydrogen-bond acceptors (Lipinski definition) is 4. The first-order valence-electron chi connectivity index (χ1n) is 8.99. The van der Waals surface area contributed by atoms with Crippen molar-refractivity contribution in [2.75, 3.05) is 12.1 Å². The highest BCUT2D eigenvalue weighted by Gasteiger charge is 2.36. The number of rotatable bonds is 4. The lowest BCUT2D eigenvalue weighted by molar-refractivity contribution is 0.0728. The molecular formula is C22H17FN2O3. The van der Waals surface area contributed by atoms with Crippen molar-refractivity contribution >= 4 is 11.6 Å². The molecule has 28 heavy (non-hydrogen) atoms. The lowest BCUT2D eigenvalue weighted by Crippen LogP contribution is -2.31. The highest BCUT2D eigenvalue weighted by Crippen LogP contribution is 2.37. The Morgan fingerprint density at radius 2 is 1.79 bits per heavy atom. The number of carbonyl (C=O) groups is 1. The third kappa shape index (κ3) is 2.83. The third-order valence-electron chi connectivity index (χ3n) is 5.00. The molecule has 1 atom stereocenters. The fourth-order valence-corrected chi connectivity index (χ4v) is 3.63. The zero-order valence-corrected chi connectivity index (χ0v) is 14.9. The minimum atomic E-state index is -0.348. The summed E-state index contributed by atoms with van der Waals surface area (Å²) in [6, 6.07) is 19.3. The molecule has 140 valence electrons. The van der Waals surface area contributed by atoms with Gasteiger partial charge in [-0.05, 0) is 48.0 Å². The molecule has 5 rings (SSSR count). The minimum Gasteiger partial charge on any atom is -0.454 e. The van der Waals surface area contributed by atoms with Crippen LogP contribution < -0.4 is 14.8 Å². The standard InChI is InChI=1S/C22H17FN2O3/c23-15-6-8-16(9-7-15)24-21-17-3-1-2-4-18(17)22(26)25(21)12-14-5-10-19-20(11-14)28-13-27-19/h1-11,21,24H,12-13H2/t21-/m1/s1. The van der Waals surface area contributed by atoms with Crippen LogP contribution in [0.1, 0.15) is 27.7 Å². The quantitative estimate of drug-likeness (QED) is 0.737. The molecule has 0 radical (unpaired) electrons. The number of anilines is 1. The van der Waals surface area contributed by atoms with E-state index < -0.39 is 0 Å². The number of nitrogens with one attached hydrogen (secondary N) is 1. The fourth-order valence-electron chi connectivity index (χ4n) is 3.63. The zero-order valence-electron chi connectivity index (χ0n) is 14.9. The summed E-state index contributed by atoms with van der Waals surface area (Å²) in [5.41, 5.74) is 3.25. The molecule has 0 saturated carbocycles. The molecule has 3 aromatic carbocycles. The summed E-state index contributed by atoms with van der Waals surface area (Å²) in [5.74, 6) is 1.05. The van der Waals surface area contributed by atoms with Crippen LogP contribution >= 0.6 is 0 Å². The molecule has 0 spiro atoms. The molecule has 2 aliphatic heterocycles. The number of amides is 1. The second-order valence-corrected chi connectivity index (χ2v) is 6.76. The van der Waals surface area contributed by atoms with Gasteiger partial charge in [-0.2, -0.15) is 0 Å². The van der Waals surface area contributed by atoms with Gasteiger partial charge < -0.3 is 19.7 Å². The van der Waals surface area contributed by atoms with Crippen molar-refractivity contribution in [2.24, 2.45) is 0 Å². The minimum absolute atomic E-state index is 0.0483. The van der Waals surface area contributed by atoms with Crippen LogP contribution in [0.15, 0.2) is 66.7 Å². The van der Waals surface area contributed by atoms with Gasteiger partial charge >= 0.3 is 0 Å². The lowest BCUT2D eigenvalue weighted by Gasteiger charge is -2.27. The monoisotopic (exact) mass is 376 g/mol. The van der Waals surface area contributed by atoms with Crippen LogP contribution in [0.2, 0.25) is 0 Å². The van der Waals surface area contributed by atoms with Gasteiger partial charge in [0.05, 0.1) is 0 Å². The molecular weight excluding hydrogens is 359 g/mol. The smallest absolute Gasteiger partial charge is 0.256 e. The summed E-state index contributed by atoms with van der Waals surface area (Å²) in [5, 5.41) is 3.36. The third-order valence-corrected chi connectivity index (χ3v) is 5.00. The number of halogens is 1. The van der Waals surface area contributed by atoms with Crippen LogP contribution in [-0.2, 0) is 6.54 Å². The van der Waals surface area contributed by atoms with E-state index in [2.05, 4.69) is 5.32 Å². The van der Waals surface area contributed by atoms with Crippen molar-refractivity contribution in [3.63, 3.8) is 0 Å². The first-order chi connectivity index (χ1) is 13.7. The Morgan fingerprint density at radius 3 is 2.64 bits per heavy atom. The van der Waals surface area contributed by atoms with E-state index in [4.69, 9.17) is 9.47 Å². The van der Waals surface area contributed by atoms with Gasteiger partial charge in [-0.1, -0.05) is 24.3 Å². The Labute approximate surface area is 161 Å². The molecule has 1 amide bonds. The summed E-state index contributed by atoms with van der Waals surface area (Å²) < 4.78 is 24.1. The molecule has 1 N–H and O–H groups in total. The lowest BCUT2D eigenvalue weighted by atomic mass is 10.1. The van der Waals surface area contributed by atoms with E-state index in [0.29, 0.717) is 23.6 Å². The topological polar surface area (TPSA) is 50.8 Å². The summed E-state index contributed by atoms with van der Waals surface area (Å²) in [6.07, 6.45) is -0.348. The molecule has 0 bridgehead atoms. The largest absolute Gasteiger partial charge is 0.454 e. The number of benzene rings is 3. The van der Waals surface area contributed by atoms with E-state index in [9.17, 15) is 9.18 Å². The first kappa shape index (κ1) is 16.6. The first-order valence-corrected chi connectivity index (χ1v) is 8.99. The van der Waals surface area contributed by atoms with Crippen molar-refractivity contribution in [3.05, 3.63) is 89.2 Å². The highest BCUT2D eigenvalue weighted by molar-refractivity contribution is 5.99. The van der Waals surface area contributed by atoms with Crippen molar-refractivity contribution in [1.29, 1.82) is 0 Å². The molecule has 0 saturated heterocycles. The normalized spacial score (nSPS) is 17.0. The van der Waals surface area contributed by atoms with Gasteiger partial charge in [-0.15, -0.1) is 0 Å². The SMILES string of the molecule is O=C1c2ccccc2[C@H](Nc2ccc(F)cc2)N1Cc1ccc2c(c1)OCO2. The van der Waals surface area contributed by atoms with E-state index in [0.717, 1.165) is 16.8 Å². The van der Waals surface area contributed by atoms with Gasteiger partial charge in [0, 0.05) is 23.4 Å². The van der Waals surface area contributed by atoms with Gasteiger partial charge in [0.25, 0.3) is 5.91 Å². The van der Waals surface area contributed by atoms with Crippen LogP contribution in [0, 0.1) is 5.82 Å². The van der Waals surface area contributed by atoms with Gasteiger partial charge in [-0.25, -0.2) is 4.39 Å². The van der Waals surface area contributed by atoms with Crippen molar-refractivity contribution in [1.82, 2.24) is 4.90 Å². The second kappa shape index (κ2) is 6.56. The molecule has 0 aromatic heterocycles. The van der Waals surface area contributed by atoms with E-state index >= 15 is 0 Å². The maximum Gasteiger partial charge on any atom is 0.256 e. The van der Waals surface area contributed by atoms with E-state index in [1.165, 1.54) is 12.1 Å². The molecule has 3 aromatic rings. The fraction of sp³-hybridized carbons (Fsp3) is 0.136. The van der Waals surface area contributed by atoms with Crippen LogP contribution in [0.4, 0.5) is 10.1 Å². The second-order valence-electron chi connectivity index (χ2n) is 6.76. The molecule has 0 fully saturated rings. The average molecular weight is 376 g/mol. The maximum atomic E-state index is 13.3. The van der Waals surface area contributed by atoms with Crippen molar-refractivity contribution in [2.45, 2.75) is 12.7 Å². The highest BCUT2D eigenvalue weighted by atomic mass is 19.1. The summed E-state index contributed by atoms with van der Waals surface area (Å²) in [4.78, 5) is 14.8. The number of carbonyl (C=O) groups excluding carboxylic acids is 1. The van der Waals surface area contributed by atoms with Crippen molar-refractivity contribution < 1.29 is 18.7 Å². The van der Waals surface area contributed by atoms with Crippen LogP contribution in [0.5, 0.6) is 11.5 Å². The van der Waals surface area contributed by atoms with Crippen molar-refractivity contribution in [3.8, 4) is 11.5 Å². The van der Waals surface area contributed by atoms with Crippen LogP contribution in [-0.4, -0.2) is 17.6 Å². The Kier molecular flexibility index (Phi) is 3.90. The molecule has 5 nitrogen and oxygen atoms in total. The molecule has 0 unspecified atom stereocenters. The Balaban J connectivity index is 1.47. The molecule has 2 heterocycles. The Morgan fingerprint density at radius 1 is 1.00 bits per heavy atom. The number of nitrogens with zero attached hydrogens (tertiary/aromatic N) is 1. The van der Waals surface area contributed by atoms with Gasteiger partial charge in [0.1, 0.15) is 12.0 Å². The van der Waals surface area contributed by atoms with Crippen LogP contribution in [0.3, 0.4) is 0 Å². The number of fused-ring (bicyclic) bond motifs is 2. The van der Waals surface area contributed by atoms with E-state index in [1.807, 2.05) is 42.5 Å². The predicted molar refractivity (Wildman–Crippen MR) is 102 cm³/mol.